The van der Waals surface area contributed by atoms with Crippen molar-refractivity contribution in [2.75, 3.05) is 26.3 Å². The first-order chi connectivity index (χ1) is 5.85. The van der Waals surface area contributed by atoms with Gasteiger partial charge in [-0.05, 0) is 13.8 Å². The van der Waals surface area contributed by atoms with Gasteiger partial charge in [-0.2, -0.15) is 0 Å². The number of hydrogen-bond donors (Lipinski definition) is 1. The lowest BCUT2D eigenvalue weighted by Gasteiger charge is -2.16. The molecule has 0 aliphatic heterocycles. The summed E-state index contributed by atoms with van der Waals surface area (Å²) in [6.07, 6.45) is 0.578. The van der Waals surface area contributed by atoms with E-state index in [4.69, 9.17) is 9.47 Å². The summed E-state index contributed by atoms with van der Waals surface area (Å²) in [6, 6.07) is 0. The summed E-state index contributed by atoms with van der Waals surface area (Å²) in [6.45, 7) is 5.95. The first-order valence-corrected chi connectivity index (χ1v) is 4.22. The predicted octanol–water partition coefficient (Wildman–Crippen LogP) is 0.174. The highest BCUT2D eigenvalue weighted by Gasteiger charge is 2.05. The summed E-state index contributed by atoms with van der Waals surface area (Å²) in [5.41, 5.74) is 0. The SMILES string of the molecule is CCOC(CNCC=O)OCC. The van der Waals surface area contributed by atoms with Crippen molar-refractivity contribution < 1.29 is 14.3 Å². The molecule has 4 heteroatoms. The van der Waals surface area contributed by atoms with Gasteiger partial charge in [-0.25, -0.2) is 0 Å². The zero-order valence-corrected chi connectivity index (χ0v) is 7.71. The highest BCUT2D eigenvalue weighted by Crippen LogP contribution is 1.92. The fourth-order valence-corrected chi connectivity index (χ4v) is 0.798. The first kappa shape index (κ1) is 11.6. The molecule has 0 aliphatic rings. The molecule has 0 aromatic carbocycles. The first-order valence-electron chi connectivity index (χ1n) is 4.22. The van der Waals surface area contributed by atoms with E-state index in [9.17, 15) is 4.79 Å². The number of ether oxygens (including phenoxy) is 2. The van der Waals surface area contributed by atoms with Crippen molar-refractivity contribution in [2.45, 2.75) is 20.1 Å². The quantitative estimate of drug-likeness (QED) is 0.324. The molecule has 0 rings (SSSR count). The van der Waals surface area contributed by atoms with Crippen LogP contribution in [-0.2, 0) is 14.3 Å². The van der Waals surface area contributed by atoms with Crippen LogP contribution in [0.4, 0.5) is 0 Å². The molecule has 0 amide bonds. The number of nitrogens with one attached hydrogen (secondary N) is 1. The Morgan fingerprint density at radius 1 is 1.33 bits per heavy atom. The van der Waals surface area contributed by atoms with Crippen LogP contribution in [0.1, 0.15) is 13.8 Å². The van der Waals surface area contributed by atoms with E-state index < -0.39 is 0 Å². The molecule has 0 aromatic heterocycles. The van der Waals surface area contributed by atoms with E-state index in [1.165, 1.54) is 0 Å². The molecule has 72 valence electrons. The van der Waals surface area contributed by atoms with Gasteiger partial charge in [0, 0.05) is 19.8 Å². The van der Waals surface area contributed by atoms with Crippen LogP contribution in [0.5, 0.6) is 0 Å². The van der Waals surface area contributed by atoms with Crippen molar-refractivity contribution in [1.29, 1.82) is 0 Å². The summed E-state index contributed by atoms with van der Waals surface area (Å²) in [7, 11) is 0. The Labute approximate surface area is 73.2 Å². The van der Waals surface area contributed by atoms with Crippen molar-refractivity contribution >= 4 is 6.29 Å². The summed E-state index contributed by atoms with van der Waals surface area (Å²) in [5.74, 6) is 0. The van der Waals surface area contributed by atoms with Crippen LogP contribution in [-0.4, -0.2) is 38.9 Å². The highest BCUT2D eigenvalue weighted by molar-refractivity contribution is 5.51. The largest absolute Gasteiger partial charge is 0.352 e. The Kier molecular flexibility index (Phi) is 8.32. The molecule has 0 aliphatic carbocycles. The smallest absolute Gasteiger partial charge is 0.169 e. The van der Waals surface area contributed by atoms with E-state index in [1.54, 1.807) is 0 Å². The molecular formula is C8H17NO3. The zero-order valence-electron chi connectivity index (χ0n) is 7.71. The Bertz CT molecular complexity index is 102. The fourth-order valence-electron chi connectivity index (χ4n) is 0.798. The van der Waals surface area contributed by atoms with Crippen molar-refractivity contribution in [2.24, 2.45) is 0 Å². The van der Waals surface area contributed by atoms with Crippen molar-refractivity contribution in [3.63, 3.8) is 0 Å². The van der Waals surface area contributed by atoms with E-state index in [0.29, 0.717) is 26.3 Å². The minimum atomic E-state index is -0.236. The van der Waals surface area contributed by atoms with E-state index in [2.05, 4.69) is 5.32 Å². The molecule has 0 fully saturated rings. The lowest BCUT2D eigenvalue weighted by Crippen LogP contribution is -2.32. The van der Waals surface area contributed by atoms with Gasteiger partial charge in [-0.3, -0.25) is 0 Å². The van der Waals surface area contributed by atoms with Crippen LogP contribution in [0.25, 0.3) is 0 Å². The standard InChI is InChI=1S/C8H17NO3/c1-3-11-8(12-4-2)7-9-5-6-10/h6,8-9H,3-5,7H2,1-2H3. The van der Waals surface area contributed by atoms with Crippen molar-refractivity contribution in [3.05, 3.63) is 0 Å². The molecule has 1 N–H and O–H groups in total. The second-order valence-electron chi connectivity index (χ2n) is 2.17. The van der Waals surface area contributed by atoms with Gasteiger partial charge in [0.1, 0.15) is 6.29 Å². The Balaban J connectivity index is 3.40. The number of aldehydes is 1. The molecule has 0 spiro atoms. The monoisotopic (exact) mass is 175 g/mol. The Morgan fingerprint density at radius 2 is 1.92 bits per heavy atom. The maximum atomic E-state index is 9.96. The molecule has 0 radical (unpaired) electrons. The lowest BCUT2D eigenvalue weighted by atomic mass is 10.5. The highest BCUT2D eigenvalue weighted by atomic mass is 16.7. The second kappa shape index (κ2) is 8.64. The van der Waals surface area contributed by atoms with Crippen LogP contribution in [0.3, 0.4) is 0 Å². The molecule has 4 nitrogen and oxygen atoms in total. The predicted molar refractivity (Wildman–Crippen MR) is 46.0 cm³/mol. The average Bonchev–Trinajstić information content (AvgIpc) is 2.06. The second-order valence-corrected chi connectivity index (χ2v) is 2.17. The Morgan fingerprint density at radius 3 is 2.33 bits per heavy atom. The molecule has 0 saturated heterocycles. The van der Waals surface area contributed by atoms with Crippen LogP contribution in [0.15, 0.2) is 0 Å². The third-order valence-corrected chi connectivity index (χ3v) is 1.24. The van der Waals surface area contributed by atoms with E-state index in [-0.39, 0.29) is 6.29 Å². The molecule has 0 saturated carbocycles. The number of carbonyl (C=O) groups is 1. The molecule has 12 heavy (non-hydrogen) atoms. The van der Waals surface area contributed by atoms with Crippen LogP contribution in [0.2, 0.25) is 0 Å². The molecule has 0 atom stereocenters. The van der Waals surface area contributed by atoms with E-state index in [1.807, 2.05) is 13.8 Å². The van der Waals surface area contributed by atoms with Gasteiger partial charge < -0.3 is 19.6 Å². The maximum Gasteiger partial charge on any atom is 0.169 e. The summed E-state index contributed by atoms with van der Waals surface area (Å²) < 4.78 is 10.5. The van der Waals surface area contributed by atoms with Gasteiger partial charge in [-0.1, -0.05) is 0 Å². The lowest BCUT2D eigenvalue weighted by molar-refractivity contribution is -0.133. The molecular weight excluding hydrogens is 158 g/mol. The maximum absolute atomic E-state index is 9.96. The van der Waals surface area contributed by atoms with E-state index >= 15 is 0 Å². The van der Waals surface area contributed by atoms with Gasteiger partial charge in [0.15, 0.2) is 6.29 Å². The van der Waals surface area contributed by atoms with E-state index in [0.717, 1.165) is 6.29 Å². The van der Waals surface area contributed by atoms with Crippen LogP contribution < -0.4 is 5.32 Å². The van der Waals surface area contributed by atoms with Gasteiger partial charge in [0.25, 0.3) is 0 Å². The van der Waals surface area contributed by atoms with Crippen molar-refractivity contribution in [1.82, 2.24) is 5.32 Å². The molecule has 0 heterocycles. The summed E-state index contributed by atoms with van der Waals surface area (Å²) in [4.78, 5) is 9.96. The Hall–Kier alpha value is -0.450. The van der Waals surface area contributed by atoms with Gasteiger partial charge >= 0.3 is 0 Å². The van der Waals surface area contributed by atoms with Gasteiger partial charge in [0.2, 0.25) is 0 Å². The van der Waals surface area contributed by atoms with Gasteiger partial charge in [-0.15, -0.1) is 0 Å². The third kappa shape index (κ3) is 6.27. The summed E-state index contributed by atoms with van der Waals surface area (Å²) in [5, 5.41) is 2.89. The minimum absolute atomic E-state index is 0.236. The van der Waals surface area contributed by atoms with Gasteiger partial charge in [0.05, 0.1) is 6.54 Å². The van der Waals surface area contributed by atoms with Crippen LogP contribution >= 0.6 is 0 Å². The molecule has 0 bridgehead atoms. The summed E-state index contributed by atoms with van der Waals surface area (Å²) >= 11 is 0. The van der Waals surface area contributed by atoms with Crippen molar-refractivity contribution in [3.8, 4) is 0 Å². The normalized spacial score (nSPS) is 10.6. The number of hydrogen-bond acceptors (Lipinski definition) is 4. The fraction of sp³-hybridized carbons (Fsp3) is 0.875. The van der Waals surface area contributed by atoms with Crippen LogP contribution in [0, 0.1) is 0 Å². The molecule has 0 aromatic rings. The average molecular weight is 175 g/mol. The third-order valence-electron chi connectivity index (χ3n) is 1.24. The molecule has 0 unspecified atom stereocenters. The zero-order chi connectivity index (χ0) is 9.23. The topological polar surface area (TPSA) is 47.6 Å². The number of carbonyl (C=O) groups excluding carboxylic acids is 1. The minimum Gasteiger partial charge on any atom is -0.352 e. The number of rotatable bonds is 8.